The van der Waals surface area contributed by atoms with Crippen LogP contribution in [0, 0.1) is 0 Å². The molecule has 3 aromatic rings. The number of nitrogens with two attached hydrogens (primary N) is 1. The molecule has 0 fully saturated rings. The average molecular weight is 428 g/mol. The van der Waals surface area contributed by atoms with E-state index in [1.807, 2.05) is 42.5 Å². The third-order valence-corrected chi connectivity index (χ3v) is 5.82. The van der Waals surface area contributed by atoms with Gasteiger partial charge < -0.3 is 15.8 Å². The molecule has 32 heavy (non-hydrogen) atoms. The highest BCUT2D eigenvalue weighted by Gasteiger charge is 2.28. The van der Waals surface area contributed by atoms with Crippen molar-refractivity contribution in [2.75, 3.05) is 13.2 Å². The van der Waals surface area contributed by atoms with Crippen LogP contribution >= 0.6 is 0 Å². The number of ether oxygens (including phenoxy) is 1. The van der Waals surface area contributed by atoms with Crippen LogP contribution in [0.4, 0.5) is 4.79 Å². The Morgan fingerprint density at radius 3 is 2.38 bits per heavy atom. The SMILES string of the molecule is [N-]=[N+]=NCc1cc(CCNC(=O)OCC2c3ccccc3-c3ccccc32)ccc1CN. The lowest BCUT2D eigenvalue weighted by molar-refractivity contribution is 0.143. The van der Waals surface area contributed by atoms with Crippen molar-refractivity contribution in [2.24, 2.45) is 10.8 Å². The Morgan fingerprint density at radius 1 is 1.03 bits per heavy atom. The summed E-state index contributed by atoms with van der Waals surface area (Å²) in [5.41, 5.74) is 22.0. The van der Waals surface area contributed by atoms with Crippen molar-refractivity contribution in [2.45, 2.75) is 25.4 Å². The zero-order chi connectivity index (χ0) is 22.3. The summed E-state index contributed by atoms with van der Waals surface area (Å²) in [5.74, 6) is 0.0419. The summed E-state index contributed by atoms with van der Waals surface area (Å²) in [5, 5.41) is 6.46. The third-order valence-electron chi connectivity index (χ3n) is 5.82. The van der Waals surface area contributed by atoms with E-state index in [1.165, 1.54) is 22.3 Å². The van der Waals surface area contributed by atoms with E-state index in [2.05, 4.69) is 39.6 Å². The molecule has 1 aliphatic rings. The molecule has 7 heteroatoms. The second-order valence-corrected chi connectivity index (χ2v) is 7.70. The zero-order valence-corrected chi connectivity index (χ0v) is 17.7. The molecule has 0 spiro atoms. The standard InChI is InChI=1S/C25H25N5O2/c26-14-18-10-9-17(13-19(18)15-29-30-27)11-12-28-25(31)32-16-24-22-7-3-1-5-20(22)21-6-2-4-8-23(21)24/h1-10,13,24H,11-12,14-16,26H2,(H,28,31). The summed E-state index contributed by atoms with van der Waals surface area (Å²) in [6, 6.07) is 22.4. The highest BCUT2D eigenvalue weighted by atomic mass is 16.5. The Morgan fingerprint density at radius 2 is 1.72 bits per heavy atom. The fourth-order valence-electron chi connectivity index (χ4n) is 4.25. The van der Waals surface area contributed by atoms with Gasteiger partial charge in [0.1, 0.15) is 6.61 Å². The van der Waals surface area contributed by atoms with Crippen LogP contribution in [0.5, 0.6) is 0 Å². The molecule has 4 rings (SSSR count). The fourth-order valence-corrected chi connectivity index (χ4v) is 4.25. The van der Waals surface area contributed by atoms with Crippen molar-refractivity contribution in [3.8, 4) is 11.1 Å². The van der Waals surface area contributed by atoms with Crippen molar-refractivity contribution in [1.29, 1.82) is 0 Å². The molecule has 0 unspecified atom stereocenters. The van der Waals surface area contributed by atoms with E-state index in [-0.39, 0.29) is 12.5 Å². The number of nitrogens with one attached hydrogen (secondary N) is 1. The van der Waals surface area contributed by atoms with Crippen LogP contribution in [0.1, 0.15) is 33.7 Å². The predicted molar refractivity (Wildman–Crippen MR) is 124 cm³/mol. The van der Waals surface area contributed by atoms with Gasteiger partial charge >= 0.3 is 6.09 Å². The van der Waals surface area contributed by atoms with Gasteiger partial charge in [0.15, 0.2) is 0 Å². The van der Waals surface area contributed by atoms with Crippen LogP contribution in [0.2, 0.25) is 0 Å². The number of carbonyl (C=O) groups is 1. The van der Waals surface area contributed by atoms with Gasteiger partial charge in [0, 0.05) is 23.9 Å². The van der Waals surface area contributed by atoms with E-state index in [1.54, 1.807) is 0 Å². The lowest BCUT2D eigenvalue weighted by Gasteiger charge is -2.15. The number of hydrogen-bond acceptors (Lipinski definition) is 4. The summed E-state index contributed by atoms with van der Waals surface area (Å²) >= 11 is 0. The van der Waals surface area contributed by atoms with Crippen LogP contribution in [0.25, 0.3) is 21.6 Å². The lowest BCUT2D eigenvalue weighted by atomic mass is 9.98. The molecule has 0 radical (unpaired) electrons. The van der Waals surface area contributed by atoms with Crippen molar-refractivity contribution in [3.05, 3.63) is 105 Å². The summed E-state index contributed by atoms with van der Waals surface area (Å²) in [4.78, 5) is 15.1. The van der Waals surface area contributed by atoms with Gasteiger partial charge in [-0.05, 0) is 50.9 Å². The van der Waals surface area contributed by atoms with Crippen molar-refractivity contribution in [3.63, 3.8) is 0 Å². The van der Waals surface area contributed by atoms with Gasteiger partial charge in [0.05, 0.1) is 6.54 Å². The zero-order valence-electron chi connectivity index (χ0n) is 17.7. The molecule has 1 aliphatic carbocycles. The number of rotatable bonds is 8. The summed E-state index contributed by atoms with van der Waals surface area (Å²) in [6.45, 7) is 1.38. The molecular weight excluding hydrogens is 402 g/mol. The number of benzene rings is 3. The van der Waals surface area contributed by atoms with E-state index in [0.717, 1.165) is 16.7 Å². The Bertz CT molecular complexity index is 1120. The molecule has 0 saturated heterocycles. The number of fused-ring (bicyclic) bond motifs is 3. The lowest BCUT2D eigenvalue weighted by Crippen LogP contribution is -2.28. The highest BCUT2D eigenvalue weighted by molar-refractivity contribution is 5.79. The fraction of sp³-hybridized carbons (Fsp3) is 0.240. The molecule has 0 heterocycles. The maximum absolute atomic E-state index is 12.3. The quantitative estimate of drug-likeness (QED) is 0.298. The van der Waals surface area contributed by atoms with Crippen LogP contribution in [0.15, 0.2) is 71.8 Å². The van der Waals surface area contributed by atoms with Crippen LogP contribution in [-0.4, -0.2) is 19.2 Å². The smallest absolute Gasteiger partial charge is 0.407 e. The predicted octanol–water partition coefficient (Wildman–Crippen LogP) is 5.04. The molecule has 0 bridgehead atoms. The highest BCUT2D eigenvalue weighted by Crippen LogP contribution is 2.44. The number of amides is 1. The average Bonchev–Trinajstić information content (AvgIpc) is 3.15. The summed E-state index contributed by atoms with van der Waals surface area (Å²) < 4.78 is 5.57. The normalized spacial score (nSPS) is 11.9. The first-order chi connectivity index (χ1) is 15.7. The number of carbonyl (C=O) groups excluding carboxylic acids is 1. The number of hydrogen-bond donors (Lipinski definition) is 2. The van der Waals surface area contributed by atoms with Crippen LogP contribution in [0.3, 0.4) is 0 Å². The molecule has 3 N–H and O–H groups in total. The molecule has 3 aromatic carbocycles. The maximum atomic E-state index is 12.3. The Kier molecular flexibility index (Phi) is 6.70. The van der Waals surface area contributed by atoms with E-state index in [9.17, 15) is 4.79 Å². The molecule has 0 aromatic heterocycles. The first-order valence-corrected chi connectivity index (χ1v) is 10.6. The maximum Gasteiger partial charge on any atom is 0.407 e. The first-order valence-electron chi connectivity index (χ1n) is 10.6. The minimum atomic E-state index is -0.431. The van der Waals surface area contributed by atoms with Crippen molar-refractivity contribution in [1.82, 2.24) is 5.32 Å². The monoisotopic (exact) mass is 427 g/mol. The Labute approximate surface area is 186 Å². The van der Waals surface area contributed by atoms with Gasteiger partial charge in [0.25, 0.3) is 0 Å². The topological polar surface area (TPSA) is 113 Å². The number of nitrogens with zero attached hydrogens (tertiary/aromatic N) is 3. The van der Waals surface area contributed by atoms with Crippen LogP contribution in [-0.2, 0) is 24.2 Å². The van der Waals surface area contributed by atoms with Gasteiger partial charge in [-0.3, -0.25) is 0 Å². The van der Waals surface area contributed by atoms with Crippen LogP contribution < -0.4 is 11.1 Å². The molecule has 7 nitrogen and oxygen atoms in total. The van der Waals surface area contributed by atoms with Gasteiger partial charge in [-0.2, -0.15) is 0 Å². The van der Waals surface area contributed by atoms with Gasteiger partial charge in [-0.15, -0.1) is 0 Å². The van der Waals surface area contributed by atoms with Gasteiger partial charge in [-0.1, -0.05) is 71.8 Å². The van der Waals surface area contributed by atoms with E-state index < -0.39 is 6.09 Å². The molecular formula is C25H25N5O2. The van der Waals surface area contributed by atoms with E-state index in [4.69, 9.17) is 16.0 Å². The summed E-state index contributed by atoms with van der Waals surface area (Å²) in [7, 11) is 0. The van der Waals surface area contributed by atoms with Gasteiger partial charge in [-0.25, -0.2) is 4.79 Å². The first kappa shape index (κ1) is 21.4. The van der Waals surface area contributed by atoms with Crippen molar-refractivity contribution >= 4 is 6.09 Å². The largest absolute Gasteiger partial charge is 0.449 e. The number of alkyl carbamates (subject to hydrolysis) is 1. The molecule has 1 amide bonds. The third kappa shape index (κ3) is 4.59. The molecule has 162 valence electrons. The Hall–Kier alpha value is -3.80. The second kappa shape index (κ2) is 10.0. The van der Waals surface area contributed by atoms with Crippen molar-refractivity contribution < 1.29 is 9.53 Å². The molecule has 0 atom stereocenters. The minimum absolute atomic E-state index is 0.0419. The van der Waals surface area contributed by atoms with Gasteiger partial charge in [0.2, 0.25) is 0 Å². The van der Waals surface area contributed by atoms with E-state index in [0.29, 0.717) is 26.1 Å². The molecule has 0 aliphatic heterocycles. The number of azide groups is 1. The second-order valence-electron chi connectivity index (χ2n) is 7.70. The minimum Gasteiger partial charge on any atom is -0.449 e. The Balaban J connectivity index is 1.32. The molecule has 0 saturated carbocycles. The van der Waals surface area contributed by atoms with E-state index >= 15 is 0 Å². The summed E-state index contributed by atoms with van der Waals surface area (Å²) in [6.07, 6.45) is 0.206.